The number of rotatable bonds is 0. The van der Waals surface area contributed by atoms with Crippen molar-refractivity contribution in [2.75, 3.05) is 6.54 Å². The monoisotopic (exact) mass is 133 g/mol. The Hall–Kier alpha value is -1.42. The largest absolute Gasteiger partial charge is 0.331 e. The van der Waals surface area contributed by atoms with Gasteiger partial charge in [-0.15, -0.1) is 0 Å². The summed E-state index contributed by atoms with van der Waals surface area (Å²) in [6.45, 7) is 2.65. The van der Waals surface area contributed by atoms with Gasteiger partial charge in [-0.1, -0.05) is 6.92 Å². The first-order valence-electron chi connectivity index (χ1n) is 2.01. The minimum absolute atomic E-state index is 0.750. The number of hydrogen-bond acceptors (Lipinski definition) is 5. The van der Waals surface area contributed by atoms with Crippen molar-refractivity contribution in [3.63, 3.8) is 0 Å². The third kappa shape index (κ3) is 68.5. The molecule has 0 aliphatic rings. The van der Waals surface area contributed by atoms with Gasteiger partial charge in [0, 0.05) is 0 Å². The fraction of sp³-hybridized carbons (Fsp3) is 1.00. The second-order valence-corrected chi connectivity index (χ2v) is 0.632. The lowest BCUT2D eigenvalue weighted by Gasteiger charge is -1.53. The Morgan fingerprint density at radius 2 is 1.11 bits per heavy atom. The SMILES string of the molecule is CCN.N=[N+]=N.N=[N+]=N. The highest BCUT2D eigenvalue weighted by Crippen LogP contribution is 1.20. The Bertz CT molecular complexity index is 71.1. The van der Waals surface area contributed by atoms with Gasteiger partial charge in [0.15, 0.2) is 0 Å². The predicted octanol–water partition coefficient (Wildman–Crippen LogP) is 0.196. The summed E-state index contributed by atoms with van der Waals surface area (Å²) >= 11 is 0. The van der Waals surface area contributed by atoms with Crippen LogP contribution in [0.4, 0.5) is 0 Å². The van der Waals surface area contributed by atoms with Gasteiger partial charge >= 0.3 is 0 Å². The highest BCUT2D eigenvalue weighted by molar-refractivity contribution is 4.00. The summed E-state index contributed by atoms with van der Waals surface area (Å²) < 4.78 is 0. The van der Waals surface area contributed by atoms with Crippen molar-refractivity contribution in [2.24, 2.45) is 5.73 Å². The fourth-order valence-electron chi connectivity index (χ4n) is 0. The van der Waals surface area contributed by atoms with Gasteiger partial charge < -0.3 is 5.73 Å². The lowest BCUT2D eigenvalue weighted by Crippen LogP contribution is -1.87. The van der Waals surface area contributed by atoms with E-state index in [9.17, 15) is 0 Å². The molecule has 6 N–H and O–H groups in total. The van der Waals surface area contributed by atoms with Crippen molar-refractivity contribution in [3.8, 4) is 0 Å². The van der Waals surface area contributed by atoms with Crippen LogP contribution in [-0.2, 0) is 0 Å². The molecule has 7 nitrogen and oxygen atoms in total. The molecule has 0 saturated heterocycles. The first-order valence-corrected chi connectivity index (χ1v) is 2.01. The standard InChI is InChI=1S/C2H7N.2H2N3/c1-2-3;2*1-3-2/h2-3H2,1H3;2*1-2H/q;2*+1. The highest BCUT2D eigenvalue weighted by Gasteiger charge is 1.32. The normalized spacial score (nSPS) is 3.78. The van der Waals surface area contributed by atoms with Crippen molar-refractivity contribution in [1.82, 2.24) is 9.82 Å². The summed E-state index contributed by atoms with van der Waals surface area (Å²) in [6, 6.07) is 0. The van der Waals surface area contributed by atoms with Gasteiger partial charge in [0.1, 0.15) is 22.1 Å². The molecule has 0 aromatic rings. The van der Waals surface area contributed by atoms with E-state index < -0.39 is 0 Å². The van der Waals surface area contributed by atoms with E-state index in [4.69, 9.17) is 27.9 Å². The van der Waals surface area contributed by atoms with Crippen LogP contribution in [0.5, 0.6) is 0 Å². The maximum atomic E-state index is 5.50. The van der Waals surface area contributed by atoms with Crippen molar-refractivity contribution < 1.29 is 0 Å². The van der Waals surface area contributed by atoms with E-state index >= 15 is 0 Å². The van der Waals surface area contributed by atoms with E-state index in [1.165, 1.54) is 0 Å². The number of nitrogens with two attached hydrogens (primary N) is 1. The number of nitrogens with zero attached hydrogens (tertiary/aromatic N) is 2. The minimum Gasteiger partial charge on any atom is -0.331 e. The summed E-state index contributed by atoms with van der Waals surface area (Å²) in [6.07, 6.45) is 0. The van der Waals surface area contributed by atoms with Gasteiger partial charge in [-0.05, 0) is 6.54 Å². The quantitative estimate of drug-likeness (QED) is 0.233. The molecule has 0 atom stereocenters. The summed E-state index contributed by atoms with van der Waals surface area (Å²) in [4.78, 5) is 4.00. The smallest absolute Gasteiger partial charge is 0.211 e. The molecule has 7 heteroatoms. The molecule has 0 saturated carbocycles. The summed E-state index contributed by atoms with van der Waals surface area (Å²) in [5, 5.41) is 0. The Labute approximate surface area is 52.3 Å². The lowest BCUT2D eigenvalue weighted by molar-refractivity contribution is 0.928. The maximum Gasteiger partial charge on any atom is 0.211 e. The van der Waals surface area contributed by atoms with E-state index in [-0.39, 0.29) is 0 Å². The Morgan fingerprint density at radius 3 is 1.11 bits per heavy atom. The number of nitrogens with one attached hydrogen (secondary N) is 4. The van der Waals surface area contributed by atoms with E-state index in [2.05, 4.69) is 0 Å². The van der Waals surface area contributed by atoms with E-state index in [1.807, 2.05) is 16.7 Å². The van der Waals surface area contributed by atoms with Gasteiger partial charge in [0.05, 0.1) is 0 Å². The van der Waals surface area contributed by atoms with Gasteiger partial charge in [0.25, 0.3) is 0 Å². The zero-order chi connectivity index (χ0) is 8.12. The van der Waals surface area contributed by atoms with Crippen molar-refractivity contribution in [3.05, 3.63) is 0 Å². The second-order valence-electron chi connectivity index (χ2n) is 0.632. The maximum absolute atomic E-state index is 5.50. The van der Waals surface area contributed by atoms with Gasteiger partial charge in [0.2, 0.25) is 9.82 Å². The Balaban J connectivity index is -0.0000000600. The van der Waals surface area contributed by atoms with E-state index in [0.29, 0.717) is 0 Å². The summed E-state index contributed by atoms with van der Waals surface area (Å²) in [5.41, 5.74) is 26.8. The molecule has 0 bridgehead atoms. The molecule has 0 aliphatic heterocycles. The molecule has 0 unspecified atom stereocenters. The first kappa shape index (κ1) is 15.6. The second kappa shape index (κ2) is 82.1. The average Bonchev–Trinajstić information content (AvgIpc) is 1.70. The molecule has 0 aromatic heterocycles. The zero-order valence-electron chi connectivity index (χ0n) is 5.18. The van der Waals surface area contributed by atoms with E-state index in [1.54, 1.807) is 0 Å². The van der Waals surface area contributed by atoms with Gasteiger partial charge in [-0.2, -0.15) is 0 Å². The predicted molar refractivity (Wildman–Crippen MR) is 29.9 cm³/mol. The molecular formula is C2H11N7+2. The lowest BCUT2D eigenvalue weighted by atomic mass is 10.8. The molecule has 0 spiro atoms. The first-order chi connectivity index (χ1) is 4.24. The molecule has 0 radical (unpaired) electrons. The van der Waals surface area contributed by atoms with Crippen LogP contribution >= 0.6 is 0 Å². The van der Waals surface area contributed by atoms with Crippen molar-refractivity contribution >= 4 is 0 Å². The van der Waals surface area contributed by atoms with Crippen LogP contribution in [0.25, 0.3) is 0 Å². The van der Waals surface area contributed by atoms with E-state index in [0.717, 1.165) is 6.54 Å². The molecule has 0 amide bonds. The fourth-order valence-corrected chi connectivity index (χ4v) is 0. The third-order valence-corrected chi connectivity index (χ3v) is 0. The van der Waals surface area contributed by atoms with Crippen molar-refractivity contribution in [2.45, 2.75) is 6.92 Å². The van der Waals surface area contributed by atoms with Crippen LogP contribution in [0.3, 0.4) is 0 Å². The summed E-state index contributed by atoms with van der Waals surface area (Å²) in [7, 11) is 0. The van der Waals surface area contributed by atoms with Gasteiger partial charge in [-0.25, -0.2) is 0 Å². The minimum atomic E-state index is 0.750. The Morgan fingerprint density at radius 1 is 1.11 bits per heavy atom. The highest BCUT2D eigenvalue weighted by atomic mass is 15.0. The third-order valence-electron chi connectivity index (χ3n) is 0. The molecule has 0 rings (SSSR count). The molecule has 0 heterocycles. The molecule has 52 valence electrons. The zero-order valence-corrected chi connectivity index (χ0v) is 5.18. The van der Waals surface area contributed by atoms with Crippen LogP contribution in [0, 0.1) is 22.1 Å². The van der Waals surface area contributed by atoms with Gasteiger partial charge in [-0.3, -0.25) is 0 Å². The molecule has 9 heavy (non-hydrogen) atoms. The van der Waals surface area contributed by atoms with Crippen LogP contribution < -0.4 is 15.6 Å². The molecule has 0 fully saturated rings. The molecule has 0 aliphatic carbocycles. The number of hydrogen-bond donors (Lipinski definition) is 5. The van der Waals surface area contributed by atoms with Crippen LogP contribution in [0.15, 0.2) is 0 Å². The Kier molecular flexibility index (Phi) is 143. The van der Waals surface area contributed by atoms with Crippen molar-refractivity contribution in [1.29, 1.82) is 22.1 Å². The topological polar surface area (TPSA) is 150 Å². The molecular weight excluding hydrogens is 122 g/mol. The summed E-state index contributed by atoms with van der Waals surface area (Å²) in [5.74, 6) is 0. The molecule has 0 aromatic carbocycles. The van der Waals surface area contributed by atoms with Crippen LogP contribution in [0.2, 0.25) is 0 Å². The van der Waals surface area contributed by atoms with Crippen LogP contribution in [0.1, 0.15) is 6.92 Å². The average molecular weight is 133 g/mol. The van der Waals surface area contributed by atoms with Crippen LogP contribution in [-0.4, -0.2) is 6.54 Å².